The summed E-state index contributed by atoms with van der Waals surface area (Å²) in [4.78, 5) is 15.5. The van der Waals surface area contributed by atoms with Gasteiger partial charge in [-0.25, -0.2) is 4.39 Å². The minimum Gasteiger partial charge on any atom is -0.481 e. The van der Waals surface area contributed by atoms with Gasteiger partial charge in [-0.15, -0.1) is 0 Å². The average Bonchev–Trinajstić information content (AvgIpc) is 2.94. The predicted molar refractivity (Wildman–Crippen MR) is 92.7 cm³/mol. The Hall–Kier alpha value is -3.28. The summed E-state index contributed by atoms with van der Waals surface area (Å²) < 4.78 is 16.4. The van der Waals surface area contributed by atoms with E-state index in [1.54, 1.807) is 48.4 Å². The van der Waals surface area contributed by atoms with E-state index in [1.165, 1.54) is 6.07 Å². The third kappa shape index (κ3) is 2.52. The Labute approximate surface area is 142 Å². The van der Waals surface area contributed by atoms with Crippen molar-refractivity contribution in [3.63, 3.8) is 0 Å². The molecule has 25 heavy (non-hydrogen) atoms. The number of aryl methyl sites for hydroxylation is 1. The van der Waals surface area contributed by atoms with E-state index in [4.69, 9.17) is 5.11 Å². The summed E-state index contributed by atoms with van der Waals surface area (Å²) in [6, 6.07) is 10.3. The second kappa shape index (κ2) is 5.66. The topological polar surface area (TPSA) is 68.0 Å². The number of fused-ring (bicyclic) bond motifs is 2. The SMILES string of the molecule is Cn1ncc2cc(F)c(-c3cccc4c(CC(=O)O)ccnc34)cc21. The summed E-state index contributed by atoms with van der Waals surface area (Å²) in [5.41, 5.74) is 3.10. The quantitative estimate of drug-likeness (QED) is 0.622. The zero-order chi connectivity index (χ0) is 17.6. The van der Waals surface area contributed by atoms with Crippen molar-refractivity contribution in [3.8, 4) is 11.1 Å². The summed E-state index contributed by atoms with van der Waals surface area (Å²) in [7, 11) is 1.80. The summed E-state index contributed by atoms with van der Waals surface area (Å²) in [5.74, 6) is -1.28. The van der Waals surface area contributed by atoms with Gasteiger partial charge in [-0.05, 0) is 23.8 Å². The number of carbonyl (C=O) groups is 1. The highest BCUT2D eigenvalue weighted by molar-refractivity contribution is 5.98. The van der Waals surface area contributed by atoms with Crippen LogP contribution in [-0.4, -0.2) is 25.8 Å². The van der Waals surface area contributed by atoms with Crippen LogP contribution in [0.25, 0.3) is 32.9 Å². The van der Waals surface area contributed by atoms with Crippen molar-refractivity contribution in [1.29, 1.82) is 0 Å². The van der Waals surface area contributed by atoms with Gasteiger partial charge < -0.3 is 5.11 Å². The fourth-order valence-corrected chi connectivity index (χ4v) is 3.15. The van der Waals surface area contributed by atoms with Crippen LogP contribution in [0.15, 0.2) is 48.8 Å². The third-order valence-corrected chi connectivity index (χ3v) is 4.33. The molecule has 0 unspecified atom stereocenters. The van der Waals surface area contributed by atoms with Gasteiger partial charge in [0.1, 0.15) is 5.82 Å². The van der Waals surface area contributed by atoms with Crippen molar-refractivity contribution in [3.05, 3.63) is 60.2 Å². The Morgan fingerprint density at radius 1 is 1.24 bits per heavy atom. The molecule has 0 aliphatic heterocycles. The molecular formula is C19H14FN3O2. The van der Waals surface area contributed by atoms with Gasteiger partial charge >= 0.3 is 5.97 Å². The molecule has 0 fully saturated rings. The number of nitrogens with zero attached hydrogens (tertiary/aromatic N) is 3. The second-order valence-electron chi connectivity index (χ2n) is 5.90. The molecule has 4 aromatic rings. The van der Waals surface area contributed by atoms with Gasteiger partial charge in [-0.1, -0.05) is 18.2 Å². The lowest BCUT2D eigenvalue weighted by Crippen LogP contribution is -2.01. The van der Waals surface area contributed by atoms with Gasteiger partial charge in [0.25, 0.3) is 0 Å². The van der Waals surface area contributed by atoms with E-state index in [2.05, 4.69) is 10.1 Å². The van der Waals surface area contributed by atoms with Crippen molar-refractivity contribution >= 4 is 27.8 Å². The van der Waals surface area contributed by atoms with Crippen LogP contribution in [0.2, 0.25) is 0 Å². The van der Waals surface area contributed by atoms with E-state index >= 15 is 0 Å². The minimum absolute atomic E-state index is 0.105. The lowest BCUT2D eigenvalue weighted by atomic mass is 9.97. The van der Waals surface area contributed by atoms with Gasteiger partial charge in [0.15, 0.2) is 0 Å². The number of aliphatic carboxylic acids is 1. The van der Waals surface area contributed by atoms with Crippen LogP contribution in [0.4, 0.5) is 4.39 Å². The fourth-order valence-electron chi connectivity index (χ4n) is 3.15. The van der Waals surface area contributed by atoms with Crippen LogP contribution in [0.1, 0.15) is 5.56 Å². The molecule has 124 valence electrons. The summed E-state index contributed by atoms with van der Waals surface area (Å²) in [6.07, 6.45) is 3.07. The number of hydrogen-bond donors (Lipinski definition) is 1. The highest BCUT2D eigenvalue weighted by Gasteiger charge is 2.15. The van der Waals surface area contributed by atoms with Crippen molar-refractivity contribution in [2.45, 2.75) is 6.42 Å². The highest BCUT2D eigenvalue weighted by Crippen LogP contribution is 2.33. The van der Waals surface area contributed by atoms with Crippen molar-refractivity contribution in [1.82, 2.24) is 14.8 Å². The number of para-hydroxylation sites is 1. The normalized spacial score (nSPS) is 11.3. The van der Waals surface area contributed by atoms with E-state index in [0.29, 0.717) is 27.6 Å². The lowest BCUT2D eigenvalue weighted by molar-refractivity contribution is -0.136. The maximum absolute atomic E-state index is 14.7. The Bertz CT molecular complexity index is 1130. The van der Waals surface area contributed by atoms with E-state index in [-0.39, 0.29) is 12.2 Å². The van der Waals surface area contributed by atoms with Gasteiger partial charge in [0, 0.05) is 35.1 Å². The van der Waals surface area contributed by atoms with Crippen LogP contribution < -0.4 is 0 Å². The zero-order valence-electron chi connectivity index (χ0n) is 13.4. The fraction of sp³-hybridized carbons (Fsp3) is 0.105. The number of rotatable bonds is 3. The molecule has 1 N–H and O–H groups in total. The smallest absolute Gasteiger partial charge is 0.307 e. The first-order valence-corrected chi connectivity index (χ1v) is 7.74. The van der Waals surface area contributed by atoms with Gasteiger partial charge in [-0.2, -0.15) is 5.10 Å². The van der Waals surface area contributed by atoms with Crippen molar-refractivity contribution in [2.24, 2.45) is 7.05 Å². The van der Waals surface area contributed by atoms with Crippen molar-refractivity contribution in [2.75, 3.05) is 0 Å². The van der Waals surface area contributed by atoms with E-state index < -0.39 is 5.97 Å². The molecule has 2 aromatic heterocycles. The maximum Gasteiger partial charge on any atom is 0.307 e. The molecule has 0 saturated carbocycles. The molecule has 2 heterocycles. The molecule has 0 aliphatic rings. The van der Waals surface area contributed by atoms with Crippen LogP contribution in [0.3, 0.4) is 0 Å². The Morgan fingerprint density at radius 2 is 2.08 bits per heavy atom. The molecule has 2 aromatic carbocycles. The van der Waals surface area contributed by atoms with Gasteiger partial charge in [-0.3, -0.25) is 14.5 Å². The van der Waals surface area contributed by atoms with Crippen LogP contribution in [0.5, 0.6) is 0 Å². The number of aromatic nitrogens is 3. The third-order valence-electron chi connectivity index (χ3n) is 4.33. The molecule has 6 heteroatoms. The van der Waals surface area contributed by atoms with Crippen LogP contribution in [0, 0.1) is 5.82 Å². The molecule has 4 rings (SSSR count). The first-order chi connectivity index (χ1) is 12.0. The molecule has 0 spiro atoms. The van der Waals surface area contributed by atoms with Gasteiger partial charge in [0.2, 0.25) is 0 Å². The number of carboxylic acids is 1. The number of benzene rings is 2. The molecule has 0 aliphatic carbocycles. The first-order valence-electron chi connectivity index (χ1n) is 7.74. The number of hydrogen-bond acceptors (Lipinski definition) is 3. The molecule has 0 amide bonds. The monoisotopic (exact) mass is 335 g/mol. The molecule has 0 radical (unpaired) electrons. The van der Waals surface area contributed by atoms with Crippen LogP contribution in [-0.2, 0) is 18.3 Å². The van der Waals surface area contributed by atoms with E-state index in [9.17, 15) is 9.18 Å². The molecule has 0 atom stereocenters. The summed E-state index contributed by atoms with van der Waals surface area (Å²) in [5, 5.41) is 14.7. The Balaban J connectivity index is 2.00. The Kier molecular flexibility index (Phi) is 3.46. The number of carboxylic acid groups (broad SMARTS) is 1. The average molecular weight is 335 g/mol. The largest absolute Gasteiger partial charge is 0.481 e. The number of halogens is 1. The lowest BCUT2D eigenvalue weighted by Gasteiger charge is -2.10. The standard InChI is InChI=1S/C19H14FN3O2/c1-23-17-9-15(16(20)7-12(17)10-22-23)14-4-2-3-13-11(8-18(24)25)5-6-21-19(13)14/h2-7,9-10H,8H2,1H3,(H,24,25). The molecule has 0 bridgehead atoms. The Morgan fingerprint density at radius 3 is 2.88 bits per heavy atom. The first kappa shape index (κ1) is 15.3. The summed E-state index contributed by atoms with van der Waals surface area (Å²) >= 11 is 0. The predicted octanol–water partition coefficient (Wildman–Crippen LogP) is 3.55. The molecule has 5 nitrogen and oxygen atoms in total. The van der Waals surface area contributed by atoms with E-state index in [0.717, 1.165) is 10.9 Å². The van der Waals surface area contributed by atoms with Crippen molar-refractivity contribution < 1.29 is 14.3 Å². The molecule has 0 saturated heterocycles. The highest BCUT2D eigenvalue weighted by atomic mass is 19.1. The summed E-state index contributed by atoms with van der Waals surface area (Å²) in [6.45, 7) is 0. The molecular weight excluding hydrogens is 321 g/mol. The maximum atomic E-state index is 14.7. The van der Waals surface area contributed by atoms with Crippen LogP contribution >= 0.6 is 0 Å². The minimum atomic E-state index is -0.916. The van der Waals surface area contributed by atoms with Gasteiger partial charge in [0.05, 0.1) is 23.7 Å². The van der Waals surface area contributed by atoms with E-state index in [1.807, 2.05) is 6.07 Å². The number of pyridine rings is 1. The zero-order valence-corrected chi connectivity index (χ0v) is 13.4. The second-order valence-corrected chi connectivity index (χ2v) is 5.90.